The Morgan fingerprint density at radius 2 is 1.78 bits per heavy atom. The lowest BCUT2D eigenvalue weighted by molar-refractivity contribution is 0.0785. The Morgan fingerprint density at radius 3 is 2.44 bits per heavy atom. The summed E-state index contributed by atoms with van der Waals surface area (Å²) in [5.74, 6) is 0.958. The zero-order valence-corrected chi connectivity index (χ0v) is 19.7. The molecule has 0 spiro atoms. The van der Waals surface area contributed by atoms with Crippen LogP contribution >= 0.6 is 23.2 Å². The van der Waals surface area contributed by atoms with E-state index in [1.807, 2.05) is 23.1 Å². The first-order chi connectivity index (χ1) is 15.4. The Morgan fingerprint density at radius 1 is 1.09 bits per heavy atom. The minimum Gasteiger partial charge on any atom is -0.439 e. The number of hydrogen-bond donors (Lipinski definition) is 1. The highest BCUT2D eigenvalue weighted by atomic mass is 35.5. The maximum Gasteiger partial charge on any atom is 0.274 e. The lowest BCUT2D eigenvalue weighted by atomic mass is 10.2. The largest absolute Gasteiger partial charge is 0.439 e. The summed E-state index contributed by atoms with van der Waals surface area (Å²) in [6.45, 7) is 6.02. The summed E-state index contributed by atoms with van der Waals surface area (Å²) in [6.07, 6.45) is 2.01. The van der Waals surface area contributed by atoms with Crippen molar-refractivity contribution in [2.24, 2.45) is 0 Å². The Balaban J connectivity index is 1.86. The van der Waals surface area contributed by atoms with E-state index in [1.54, 1.807) is 35.0 Å². The number of benzene rings is 2. The van der Waals surface area contributed by atoms with Crippen molar-refractivity contribution < 1.29 is 9.53 Å². The van der Waals surface area contributed by atoms with E-state index in [4.69, 9.17) is 33.0 Å². The Hall–Kier alpha value is -2.54. The third-order valence-electron chi connectivity index (χ3n) is 5.33. The van der Waals surface area contributed by atoms with Gasteiger partial charge in [-0.15, -0.1) is 0 Å². The number of halogens is 2. The predicted octanol–water partition coefficient (Wildman–Crippen LogP) is 5.71. The quantitative estimate of drug-likeness (QED) is 0.478. The topological polar surface area (TPSA) is 59.4 Å². The molecule has 0 aliphatic carbocycles. The van der Waals surface area contributed by atoms with Gasteiger partial charge in [-0.3, -0.25) is 4.79 Å². The summed E-state index contributed by atoms with van der Waals surface area (Å²) in [7, 11) is 0. The lowest BCUT2D eigenvalue weighted by Gasteiger charge is -2.16. The van der Waals surface area contributed by atoms with E-state index in [0.29, 0.717) is 45.2 Å². The van der Waals surface area contributed by atoms with Crippen LogP contribution in [-0.2, 0) is 6.54 Å². The van der Waals surface area contributed by atoms with Gasteiger partial charge in [0.25, 0.3) is 5.91 Å². The van der Waals surface area contributed by atoms with Crippen LogP contribution in [0.5, 0.6) is 11.6 Å². The van der Waals surface area contributed by atoms with Gasteiger partial charge < -0.3 is 15.0 Å². The molecule has 1 fully saturated rings. The standard InChI is InChI=1S/C24H26Cl2N4O2/c1-16(2)27-15-19-22(23(31)29-13-5-6-14-29)28-30(21-8-4-3-7-20(21)26)24(19)32-18-11-9-17(25)10-12-18/h3-4,7-12,16,27H,5-6,13-15H2,1-2H3. The van der Waals surface area contributed by atoms with Crippen LogP contribution in [0.3, 0.4) is 0 Å². The molecule has 0 atom stereocenters. The van der Waals surface area contributed by atoms with Crippen molar-refractivity contribution in [2.45, 2.75) is 39.3 Å². The number of rotatable bonds is 7. The summed E-state index contributed by atoms with van der Waals surface area (Å²) in [6, 6.07) is 14.7. The number of carbonyl (C=O) groups is 1. The maximum absolute atomic E-state index is 13.4. The molecule has 0 radical (unpaired) electrons. The highest BCUT2D eigenvalue weighted by Gasteiger charge is 2.30. The number of nitrogens with one attached hydrogen (secondary N) is 1. The van der Waals surface area contributed by atoms with Crippen molar-refractivity contribution in [3.8, 4) is 17.3 Å². The van der Waals surface area contributed by atoms with Crippen LogP contribution in [-0.4, -0.2) is 39.7 Å². The first kappa shape index (κ1) is 22.6. The van der Waals surface area contributed by atoms with Crippen molar-refractivity contribution in [1.29, 1.82) is 0 Å². The van der Waals surface area contributed by atoms with Crippen molar-refractivity contribution >= 4 is 29.1 Å². The number of para-hydroxylation sites is 1. The van der Waals surface area contributed by atoms with Crippen LogP contribution in [0.25, 0.3) is 5.69 Å². The molecule has 0 bridgehead atoms. The molecule has 1 amide bonds. The first-order valence-corrected chi connectivity index (χ1v) is 11.5. The van der Waals surface area contributed by atoms with E-state index in [9.17, 15) is 4.79 Å². The van der Waals surface area contributed by atoms with Crippen molar-refractivity contribution in [3.05, 3.63) is 69.8 Å². The van der Waals surface area contributed by atoms with Gasteiger partial charge in [-0.25, -0.2) is 0 Å². The molecule has 3 aromatic rings. The van der Waals surface area contributed by atoms with Crippen molar-refractivity contribution in [2.75, 3.05) is 13.1 Å². The molecule has 1 aromatic heterocycles. The molecule has 4 rings (SSSR count). The number of ether oxygens (including phenoxy) is 1. The second kappa shape index (κ2) is 9.94. The monoisotopic (exact) mass is 472 g/mol. The summed E-state index contributed by atoms with van der Waals surface area (Å²) >= 11 is 12.6. The van der Waals surface area contributed by atoms with E-state index < -0.39 is 0 Å². The maximum atomic E-state index is 13.4. The minimum atomic E-state index is -0.0881. The second-order valence-corrected chi connectivity index (χ2v) is 8.93. The van der Waals surface area contributed by atoms with E-state index in [0.717, 1.165) is 25.9 Å². The summed E-state index contributed by atoms with van der Waals surface area (Å²) in [5, 5.41) is 9.26. The third kappa shape index (κ3) is 4.93. The molecule has 32 heavy (non-hydrogen) atoms. The van der Waals surface area contributed by atoms with Gasteiger partial charge in [0.15, 0.2) is 5.69 Å². The number of aromatic nitrogens is 2. The average molecular weight is 473 g/mol. The Bertz CT molecular complexity index is 1090. The van der Waals surface area contributed by atoms with E-state index in [2.05, 4.69) is 19.2 Å². The van der Waals surface area contributed by atoms with Crippen molar-refractivity contribution in [1.82, 2.24) is 20.0 Å². The number of nitrogens with zero attached hydrogens (tertiary/aromatic N) is 3. The first-order valence-electron chi connectivity index (χ1n) is 10.8. The Labute approximate surface area is 198 Å². The van der Waals surface area contributed by atoms with Gasteiger partial charge in [-0.2, -0.15) is 9.78 Å². The highest BCUT2D eigenvalue weighted by Crippen LogP contribution is 2.34. The fraction of sp³-hybridized carbons (Fsp3) is 0.333. The van der Waals surface area contributed by atoms with Crippen LogP contribution in [0.4, 0.5) is 0 Å². The summed E-state index contributed by atoms with van der Waals surface area (Å²) in [5.41, 5.74) is 1.72. The molecule has 2 heterocycles. The van der Waals surface area contributed by atoms with Gasteiger partial charge in [0.05, 0.1) is 16.3 Å². The second-order valence-electron chi connectivity index (χ2n) is 8.09. The highest BCUT2D eigenvalue weighted by molar-refractivity contribution is 6.32. The van der Waals surface area contributed by atoms with Crippen LogP contribution < -0.4 is 10.1 Å². The zero-order chi connectivity index (χ0) is 22.7. The number of carbonyl (C=O) groups excluding carboxylic acids is 1. The molecule has 2 aromatic carbocycles. The fourth-order valence-electron chi connectivity index (χ4n) is 3.65. The molecule has 6 nitrogen and oxygen atoms in total. The fourth-order valence-corrected chi connectivity index (χ4v) is 3.99. The van der Waals surface area contributed by atoms with Crippen molar-refractivity contribution in [3.63, 3.8) is 0 Å². The predicted molar refractivity (Wildman–Crippen MR) is 127 cm³/mol. The van der Waals surface area contributed by atoms with Gasteiger partial charge in [0.2, 0.25) is 5.88 Å². The minimum absolute atomic E-state index is 0.0881. The zero-order valence-electron chi connectivity index (χ0n) is 18.1. The Kier molecular flexibility index (Phi) is 7.04. The summed E-state index contributed by atoms with van der Waals surface area (Å²) < 4.78 is 7.93. The molecule has 1 N–H and O–H groups in total. The molecule has 1 aliphatic heterocycles. The lowest BCUT2D eigenvalue weighted by Crippen LogP contribution is -2.30. The molecule has 0 saturated carbocycles. The molecular formula is C24H26Cl2N4O2. The van der Waals surface area contributed by atoms with Crippen LogP contribution in [0.2, 0.25) is 10.0 Å². The molecule has 1 saturated heterocycles. The van der Waals surface area contributed by atoms with E-state index >= 15 is 0 Å². The average Bonchev–Trinajstić information content (AvgIpc) is 3.42. The number of likely N-dealkylation sites (tertiary alicyclic amines) is 1. The molecule has 8 heteroatoms. The van der Waals surface area contributed by atoms with Gasteiger partial charge in [0, 0.05) is 30.7 Å². The molecule has 1 aliphatic rings. The van der Waals surface area contributed by atoms with Gasteiger partial charge in [-0.05, 0) is 49.2 Å². The van der Waals surface area contributed by atoms with Crippen LogP contribution in [0.1, 0.15) is 42.7 Å². The SMILES string of the molecule is CC(C)NCc1c(C(=O)N2CCCC2)nn(-c2ccccc2Cl)c1Oc1ccc(Cl)cc1. The summed E-state index contributed by atoms with van der Waals surface area (Å²) in [4.78, 5) is 15.3. The number of hydrogen-bond acceptors (Lipinski definition) is 4. The molecule has 168 valence electrons. The molecular weight excluding hydrogens is 447 g/mol. The normalized spacial score (nSPS) is 13.7. The third-order valence-corrected chi connectivity index (χ3v) is 5.90. The van der Waals surface area contributed by atoms with Gasteiger partial charge >= 0.3 is 0 Å². The number of amides is 1. The van der Waals surface area contributed by atoms with Crippen LogP contribution in [0.15, 0.2) is 48.5 Å². The van der Waals surface area contributed by atoms with Gasteiger partial charge in [0.1, 0.15) is 5.75 Å². The molecule has 0 unspecified atom stereocenters. The van der Waals surface area contributed by atoms with E-state index in [1.165, 1.54) is 0 Å². The van der Waals surface area contributed by atoms with Crippen LogP contribution in [0, 0.1) is 0 Å². The smallest absolute Gasteiger partial charge is 0.274 e. The van der Waals surface area contributed by atoms with E-state index in [-0.39, 0.29) is 11.9 Å². The van der Waals surface area contributed by atoms with Gasteiger partial charge in [-0.1, -0.05) is 49.2 Å².